The molecule has 1 aromatic carbocycles. The number of amides is 1. The van der Waals surface area contributed by atoms with Gasteiger partial charge in [-0.1, -0.05) is 23.1 Å². The van der Waals surface area contributed by atoms with Gasteiger partial charge in [0.2, 0.25) is 5.91 Å². The van der Waals surface area contributed by atoms with Gasteiger partial charge < -0.3 is 15.7 Å². The average Bonchev–Trinajstić information content (AvgIpc) is 3.12. The number of aliphatic hydroxyl groups is 1. The molecule has 0 spiro atoms. The number of benzene rings is 1. The first kappa shape index (κ1) is 14.5. The van der Waals surface area contributed by atoms with E-state index < -0.39 is 6.10 Å². The molecule has 2 atom stereocenters. The summed E-state index contributed by atoms with van der Waals surface area (Å²) in [5.41, 5.74) is 2.43. The summed E-state index contributed by atoms with van der Waals surface area (Å²) >= 11 is 3.02. The molecule has 21 heavy (non-hydrogen) atoms. The highest BCUT2D eigenvalue weighted by Crippen LogP contribution is 2.29. The predicted molar refractivity (Wildman–Crippen MR) is 81.5 cm³/mol. The van der Waals surface area contributed by atoms with Crippen LogP contribution in [0.1, 0.15) is 6.42 Å². The molecule has 6 nitrogen and oxygen atoms in total. The zero-order valence-electron chi connectivity index (χ0n) is 11.0. The largest absolute Gasteiger partial charge is 0.392 e. The summed E-state index contributed by atoms with van der Waals surface area (Å²) < 4.78 is 0.885. The van der Waals surface area contributed by atoms with Gasteiger partial charge in [0.05, 0.1) is 12.1 Å². The summed E-state index contributed by atoms with van der Waals surface area (Å²) in [6.07, 6.45) is 0.0167. The molecule has 0 bridgehead atoms. The summed E-state index contributed by atoms with van der Waals surface area (Å²) in [5, 5.41) is 23.0. The van der Waals surface area contributed by atoms with Gasteiger partial charge in [0, 0.05) is 17.1 Å². The van der Waals surface area contributed by atoms with E-state index in [-0.39, 0.29) is 11.9 Å². The maximum atomic E-state index is 12.0. The molecule has 3 N–H and O–H groups in total. The molecule has 1 aromatic heterocycles. The molecule has 1 aliphatic heterocycles. The molecule has 1 amide bonds. The van der Waals surface area contributed by atoms with E-state index in [1.807, 2.05) is 24.3 Å². The summed E-state index contributed by atoms with van der Waals surface area (Å²) in [5.74, 6) is -0.115. The first-order valence-electron chi connectivity index (χ1n) is 6.47. The van der Waals surface area contributed by atoms with Crippen molar-refractivity contribution in [2.75, 3.05) is 11.9 Å². The molecule has 8 heteroatoms. The minimum atomic E-state index is -0.438. The Morgan fingerprint density at radius 1 is 1.43 bits per heavy atom. The zero-order valence-corrected chi connectivity index (χ0v) is 12.7. The molecular weight excluding hydrogens is 308 g/mol. The highest BCUT2D eigenvalue weighted by Gasteiger charge is 2.27. The van der Waals surface area contributed by atoms with Crippen LogP contribution in [0.25, 0.3) is 0 Å². The molecule has 1 aliphatic rings. The minimum absolute atomic E-state index is 0.115. The highest BCUT2D eigenvalue weighted by atomic mass is 32.2. The fourth-order valence-electron chi connectivity index (χ4n) is 2.06. The molecule has 0 aliphatic carbocycles. The number of β-amino-alcohol motifs (C(OH)–C–C–N with tert-alkyl or cyclic N) is 1. The Bertz CT molecular complexity index is 603. The van der Waals surface area contributed by atoms with Gasteiger partial charge in [-0.25, -0.2) is 0 Å². The maximum Gasteiger partial charge on any atom is 0.241 e. The van der Waals surface area contributed by atoms with Gasteiger partial charge >= 0.3 is 0 Å². The Labute approximate surface area is 130 Å². The molecule has 1 saturated heterocycles. The van der Waals surface area contributed by atoms with Crippen molar-refractivity contribution in [2.24, 2.45) is 0 Å². The van der Waals surface area contributed by atoms with Crippen LogP contribution in [0.2, 0.25) is 0 Å². The van der Waals surface area contributed by atoms with E-state index in [9.17, 15) is 9.90 Å². The van der Waals surface area contributed by atoms with Crippen LogP contribution in [0.4, 0.5) is 5.69 Å². The van der Waals surface area contributed by atoms with Crippen LogP contribution in [-0.4, -0.2) is 39.9 Å². The number of nitrogens with zero attached hydrogens (tertiary/aromatic N) is 2. The fraction of sp³-hybridized carbons (Fsp3) is 0.308. The predicted octanol–water partition coefficient (Wildman–Crippen LogP) is 1.35. The molecule has 2 heterocycles. The topological polar surface area (TPSA) is 87.1 Å². The van der Waals surface area contributed by atoms with Crippen LogP contribution >= 0.6 is 23.1 Å². The van der Waals surface area contributed by atoms with E-state index in [4.69, 9.17) is 0 Å². The first-order valence-corrected chi connectivity index (χ1v) is 8.17. The first-order chi connectivity index (χ1) is 10.2. The van der Waals surface area contributed by atoms with Crippen molar-refractivity contribution in [1.82, 2.24) is 15.5 Å². The number of carbonyl (C=O) groups is 1. The van der Waals surface area contributed by atoms with Crippen molar-refractivity contribution >= 4 is 34.7 Å². The normalized spacial score (nSPS) is 21.4. The van der Waals surface area contributed by atoms with Gasteiger partial charge in [0.25, 0.3) is 0 Å². The van der Waals surface area contributed by atoms with Gasteiger partial charge in [-0.3, -0.25) is 4.79 Å². The lowest BCUT2D eigenvalue weighted by atomic mass is 10.2. The molecule has 3 rings (SSSR count). The Morgan fingerprint density at radius 2 is 2.24 bits per heavy atom. The number of hydrogen-bond donors (Lipinski definition) is 3. The van der Waals surface area contributed by atoms with Crippen LogP contribution in [0.5, 0.6) is 0 Å². The average molecular weight is 322 g/mol. The Morgan fingerprint density at radius 3 is 2.86 bits per heavy atom. The zero-order chi connectivity index (χ0) is 14.7. The lowest BCUT2D eigenvalue weighted by Gasteiger charge is -2.11. The molecule has 2 unspecified atom stereocenters. The SMILES string of the molecule is O=C(Nc1ccc(Sc2nncs2)cc1)C1CC(O)CN1. The van der Waals surface area contributed by atoms with Gasteiger partial charge in [-0.05, 0) is 30.7 Å². The quantitative estimate of drug-likeness (QED) is 0.788. The van der Waals surface area contributed by atoms with Gasteiger partial charge in [-0.15, -0.1) is 10.2 Å². The van der Waals surface area contributed by atoms with Crippen molar-refractivity contribution in [3.05, 3.63) is 29.8 Å². The van der Waals surface area contributed by atoms with Crippen LogP contribution in [0, 0.1) is 0 Å². The van der Waals surface area contributed by atoms with E-state index in [2.05, 4.69) is 20.8 Å². The molecule has 0 radical (unpaired) electrons. The number of aliphatic hydroxyl groups excluding tert-OH is 1. The number of hydrogen-bond acceptors (Lipinski definition) is 7. The van der Waals surface area contributed by atoms with E-state index in [1.165, 1.54) is 23.1 Å². The summed E-state index contributed by atoms with van der Waals surface area (Å²) in [7, 11) is 0. The second-order valence-electron chi connectivity index (χ2n) is 4.67. The lowest BCUT2D eigenvalue weighted by Crippen LogP contribution is -2.35. The summed E-state index contributed by atoms with van der Waals surface area (Å²) in [6, 6.07) is 7.24. The second-order valence-corrected chi connectivity index (χ2v) is 6.82. The van der Waals surface area contributed by atoms with Crippen molar-refractivity contribution in [3.63, 3.8) is 0 Å². The molecular formula is C13H14N4O2S2. The van der Waals surface area contributed by atoms with E-state index in [1.54, 1.807) is 5.51 Å². The summed E-state index contributed by atoms with van der Waals surface area (Å²) in [4.78, 5) is 13.0. The summed E-state index contributed by atoms with van der Waals surface area (Å²) in [6.45, 7) is 0.468. The molecule has 110 valence electrons. The standard InChI is InChI=1S/C13H14N4O2S2/c18-9-5-11(14-6-9)12(19)16-8-1-3-10(4-2-8)21-13-17-15-7-20-13/h1-4,7,9,11,14,18H,5-6H2,(H,16,19). The number of rotatable bonds is 4. The second kappa shape index (κ2) is 6.52. The maximum absolute atomic E-state index is 12.0. The smallest absolute Gasteiger partial charge is 0.241 e. The Hall–Kier alpha value is -1.48. The minimum Gasteiger partial charge on any atom is -0.392 e. The molecule has 2 aromatic rings. The van der Waals surface area contributed by atoms with E-state index in [0.717, 1.165) is 14.9 Å². The molecule has 0 saturated carbocycles. The lowest BCUT2D eigenvalue weighted by molar-refractivity contribution is -0.117. The number of carbonyl (C=O) groups excluding carboxylic acids is 1. The monoisotopic (exact) mass is 322 g/mol. The molecule has 1 fully saturated rings. The number of anilines is 1. The fourth-order valence-corrected chi connectivity index (χ4v) is 3.51. The van der Waals surface area contributed by atoms with Crippen LogP contribution in [-0.2, 0) is 4.79 Å². The van der Waals surface area contributed by atoms with Crippen LogP contribution in [0.15, 0.2) is 39.0 Å². The van der Waals surface area contributed by atoms with Crippen molar-refractivity contribution in [2.45, 2.75) is 27.8 Å². The Kier molecular flexibility index (Phi) is 4.49. The third-order valence-corrected chi connectivity index (χ3v) is 4.88. The van der Waals surface area contributed by atoms with Crippen LogP contribution < -0.4 is 10.6 Å². The third-order valence-electron chi connectivity index (χ3n) is 3.09. The third kappa shape index (κ3) is 3.79. The number of aromatic nitrogens is 2. The van der Waals surface area contributed by atoms with Gasteiger partial charge in [-0.2, -0.15) is 0 Å². The van der Waals surface area contributed by atoms with Crippen LogP contribution in [0.3, 0.4) is 0 Å². The number of nitrogens with one attached hydrogen (secondary N) is 2. The van der Waals surface area contributed by atoms with Crippen molar-refractivity contribution in [1.29, 1.82) is 0 Å². The van der Waals surface area contributed by atoms with E-state index >= 15 is 0 Å². The van der Waals surface area contributed by atoms with Crippen molar-refractivity contribution < 1.29 is 9.90 Å². The van der Waals surface area contributed by atoms with E-state index in [0.29, 0.717) is 13.0 Å². The Balaban J connectivity index is 1.58. The highest BCUT2D eigenvalue weighted by molar-refractivity contribution is 8.01. The van der Waals surface area contributed by atoms with Crippen molar-refractivity contribution in [3.8, 4) is 0 Å². The van der Waals surface area contributed by atoms with Gasteiger partial charge in [0.15, 0.2) is 4.34 Å². The van der Waals surface area contributed by atoms with Gasteiger partial charge in [0.1, 0.15) is 5.51 Å².